The zero-order chi connectivity index (χ0) is 11.8. The van der Waals surface area contributed by atoms with Crippen molar-refractivity contribution in [3.8, 4) is 0 Å². The highest BCUT2D eigenvalue weighted by molar-refractivity contribution is 5.81. The van der Waals surface area contributed by atoms with Gasteiger partial charge < -0.3 is 0 Å². The van der Waals surface area contributed by atoms with Gasteiger partial charge in [-0.05, 0) is 26.0 Å². The standard InChI is InChI=1S/C9H10N2.2C2H6/c1-6-3-4-9-8(5-6)7(2)10-11-9;2*1-2/h3-5H,1-2H3,(H,10,11);2*1-2H3. The van der Waals surface area contributed by atoms with Crippen LogP contribution in [0.1, 0.15) is 39.0 Å². The Kier molecular flexibility index (Phi) is 6.43. The summed E-state index contributed by atoms with van der Waals surface area (Å²) in [6, 6.07) is 6.25. The molecule has 1 heterocycles. The van der Waals surface area contributed by atoms with Crippen LogP contribution in [-0.4, -0.2) is 10.2 Å². The van der Waals surface area contributed by atoms with E-state index in [0.29, 0.717) is 0 Å². The van der Waals surface area contributed by atoms with Crippen molar-refractivity contribution in [1.29, 1.82) is 0 Å². The van der Waals surface area contributed by atoms with Crippen molar-refractivity contribution >= 4 is 10.9 Å². The monoisotopic (exact) mass is 206 g/mol. The Bertz CT molecular complexity index is 388. The second-order valence-electron chi connectivity index (χ2n) is 2.87. The highest BCUT2D eigenvalue weighted by atomic mass is 15.1. The van der Waals surface area contributed by atoms with Crippen molar-refractivity contribution in [2.24, 2.45) is 0 Å². The van der Waals surface area contributed by atoms with Gasteiger partial charge in [-0.1, -0.05) is 39.3 Å². The summed E-state index contributed by atoms with van der Waals surface area (Å²) in [6.07, 6.45) is 0. The second kappa shape index (κ2) is 7.04. The minimum Gasteiger partial charge on any atom is -0.282 e. The molecule has 1 aromatic carbocycles. The Balaban J connectivity index is 0.000000442. The van der Waals surface area contributed by atoms with Gasteiger partial charge in [-0.15, -0.1) is 0 Å². The molecule has 0 spiro atoms. The highest BCUT2D eigenvalue weighted by Gasteiger charge is 1.98. The van der Waals surface area contributed by atoms with Crippen LogP contribution in [0.25, 0.3) is 10.9 Å². The number of nitrogens with zero attached hydrogens (tertiary/aromatic N) is 1. The molecular weight excluding hydrogens is 184 g/mol. The van der Waals surface area contributed by atoms with Gasteiger partial charge in [-0.3, -0.25) is 5.10 Å². The van der Waals surface area contributed by atoms with Gasteiger partial charge in [0.15, 0.2) is 0 Å². The van der Waals surface area contributed by atoms with E-state index >= 15 is 0 Å². The fourth-order valence-electron chi connectivity index (χ4n) is 1.25. The van der Waals surface area contributed by atoms with Crippen LogP contribution in [0.5, 0.6) is 0 Å². The molecule has 0 aliphatic heterocycles. The molecule has 1 N–H and O–H groups in total. The van der Waals surface area contributed by atoms with Crippen LogP contribution in [0.2, 0.25) is 0 Å². The Morgan fingerprint density at radius 3 is 2.20 bits per heavy atom. The number of aryl methyl sites for hydroxylation is 2. The molecule has 2 rings (SSSR count). The maximum Gasteiger partial charge on any atom is 0.0923 e. The van der Waals surface area contributed by atoms with Crippen molar-refractivity contribution in [3.05, 3.63) is 29.5 Å². The second-order valence-corrected chi connectivity index (χ2v) is 2.87. The zero-order valence-electron chi connectivity index (χ0n) is 10.7. The largest absolute Gasteiger partial charge is 0.282 e. The molecule has 0 atom stereocenters. The van der Waals surface area contributed by atoms with Crippen LogP contribution >= 0.6 is 0 Å². The van der Waals surface area contributed by atoms with Gasteiger partial charge in [0.1, 0.15) is 0 Å². The molecule has 2 heteroatoms. The Hall–Kier alpha value is -1.31. The van der Waals surface area contributed by atoms with E-state index in [2.05, 4.69) is 29.3 Å². The average Bonchev–Trinajstić information content (AvgIpc) is 2.66. The first-order valence-electron chi connectivity index (χ1n) is 5.69. The summed E-state index contributed by atoms with van der Waals surface area (Å²) in [7, 11) is 0. The zero-order valence-corrected chi connectivity index (χ0v) is 10.7. The maximum atomic E-state index is 4.13. The summed E-state index contributed by atoms with van der Waals surface area (Å²) < 4.78 is 0. The summed E-state index contributed by atoms with van der Waals surface area (Å²) >= 11 is 0. The Morgan fingerprint density at radius 2 is 1.60 bits per heavy atom. The molecule has 2 nitrogen and oxygen atoms in total. The van der Waals surface area contributed by atoms with Gasteiger partial charge in [-0.2, -0.15) is 5.10 Å². The molecule has 0 radical (unpaired) electrons. The molecule has 0 saturated carbocycles. The third kappa shape index (κ3) is 3.39. The number of aromatic amines is 1. The topological polar surface area (TPSA) is 28.7 Å². The van der Waals surface area contributed by atoms with Gasteiger partial charge in [0.25, 0.3) is 0 Å². The van der Waals surface area contributed by atoms with Crippen LogP contribution in [0.3, 0.4) is 0 Å². The van der Waals surface area contributed by atoms with Crippen molar-refractivity contribution < 1.29 is 0 Å². The molecule has 0 saturated heterocycles. The number of rotatable bonds is 0. The van der Waals surface area contributed by atoms with E-state index in [1.54, 1.807) is 0 Å². The normalized spacial score (nSPS) is 8.67. The molecule has 15 heavy (non-hydrogen) atoms. The van der Waals surface area contributed by atoms with Crippen molar-refractivity contribution in [2.45, 2.75) is 41.5 Å². The molecule has 84 valence electrons. The number of hydrogen-bond acceptors (Lipinski definition) is 1. The molecule has 0 fully saturated rings. The number of benzene rings is 1. The number of aromatic nitrogens is 2. The highest BCUT2D eigenvalue weighted by Crippen LogP contribution is 2.15. The van der Waals surface area contributed by atoms with E-state index in [1.165, 1.54) is 10.9 Å². The van der Waals surface area contributed by atoms with Gasteiger partial charge >= 0.3 is 0 Å². The quantitative estimate of drug-likeness (QED) is 0.686. The van der Waals surface area contributed by atoms with Crippen LogP contribution in [-0.2, 0) is 0 Å². The fourth-order valence-corrected chi connectivity index (χ4v) is 1.25. The summed E-state index contributed by atoms with van der Waals surface area (Å²) in [5.74, 6) is 0. The van der Waals surface area contributed by atoms with E-state index < -0.39 is 0 Å². The van der Waals surface area contributed by atoms with E-state index in [0.717, 1.165) is 11.2 Å². The Labute approximate surface area is 92.7 Å². The van der Waals surface area contributed by atoms with Gasteiger partial charge in [-0.25, -0.2) is 0 Å². The van der Waals surface area contributed by atoms with Gasteiger partial charge in [0.05, 0.1) is 5.52 Å². The number of nitrogens with one attached hydrogen (secondary N) is 1. The molecule has 1 aromatic heterocycles. The predicted octanol–water partition coefficient (Wildman–Crippen LogP) is 4.23. The average molecular weight is 206 g/mol. The summed E-state index contributed by atoms with van der Waals surface area (Å²) in [6.45, 7) is 12.1. The first-order valence-corrected chi connectivity index (χ1v) is 5.69. The minimum atomic E-state index is 1.05. The fraction of sp³-hybridized carbons (Fsp3) is 0.462. The maximum absolute atomic E-state index is 4.13. The van der Waals surface area contributed by atoms with Crippen molar-refractivity contribution in [2.75, 3.05) is 0 Å². The molecule has 0 aliphatic carbocycles. The molecule has 0 amide bonds. The SMILES string of the molecule is CC.CC.Cc1ccc2n[nH]c(C)c2c1. The summed E-state index contributed by atoms with van der Waals surface area (Å²) in [5, 5.41) is 8.32. The summed E-state index contributed by atoms with van der Waals surface area (Å²) in [5.41, 5.74) is 3.47. The first-order chi connectivity index (χ1) is 7.27. The number of fused-ring (bicyclic) bond motifs is 1. The lowest BCUT2D eigenvalue weighted by molar-refractivity contribution is 1.07. The Morgan fingerprint density at radius 1 is 1.00 bits per heavy atom. The summed E-state index contributed by atoms with van der Waals surface area (Å²) in [4.78, 5) is 0. The lowest BCUT2D eigenvalue weighted by Gasteiger charge is -1.91. The molecule has 0 unspecified atom stereocenters. The smallest absolute Gasteiger partial charge is 0.0923 e. The predicted molar refractivity (Wildman–Crippen MR) is 68.3 cm³/mol. The molecule has 2 aromatic rings. The van der Waals surface area contributed by atoms with Crippen LogP contribution in [0, 0.1) is 13.8 Å². The molecular formula is C13H22N2. The van der Waals surface area contributed by atoms with E-state index in [-0.39, 0.29) is 0 Å². The van der Waals surface area contributed by atoms with Crippen LogP contribution < -0.4 is 0 Å². The number of H-pyrrole nitrogens is 1. The van der Waals surface area contributed by atoms with E-state index in [1.807, 2.05) is 40.7 Å². The van der Waals surface area contributed by atoms with Crippen molar-refractivity contribution in [1.82, 2.24) is 10.2 Å². The van der Waals surface area contributed by atoms with Crippen LogP contribution in [0.15, 0.2) is 18.2 Å². The third-order valence-electron chi connectivity index (χ3n) is 1.90. The third-order valence-corrected chi connectivity index (χ3v) is 1.90. The van der Waals surface area contributed by atoms with E-state index in [4.69, 9.17) is 0 Å². The van der Waals surface area contributed by atoms with Gasteiger partial charge in [0, 0.05) is 11.1 Å². The minimum absolute atomic E-state index is 1.05. The molecule has 0 bridgehead atoms. The van der Waals surface area contributed by atoms with Gasteiger partial charge in [0.2, 0.25) is 0 Å². The lowest BCUT2D eigenvalue weighted by atomic mass is 10.1. The van der Waals surface area contributed by atoms with Crippen LogP contribution in [0.4, 0.5) is 0 Å². The molecule has 0 aliphatic rings. The van der Waals surface area contributed by atoms with E-state index in [9.17, 15) is 0 Å². The van der Waals surface area contributed by atoms with Crippen molar-refractivity contribution in [3.63, 3.8) is 0 Å². The lowest BCUT2D eigenvalue weighted by Crippen LogP contribution is -1.72. The first kappa shape index (κ1) is 13.7. The number of hydrogen-bond donors (Lipinski definition) is 1.